The summed E-state index contributed by atoms with van der Waals surface area (Å²) in [7, 11) is 0. The molecule has 1 aliphatic heterocycles. The molecule has 0 aromatic heterocycles. The SMILES string of the molecule is CC1(C)C(O)CC(C(F)(F)F)N1[O-]. The van der Waals surface area contributed by atoms with E-state index in [1.54, 1.807) is 0 Å². The summed E-state index contributed by atoms with van der Waals surface area (Å²) in [6.07, 6.45) is -6.33. The van der Waals surface area contributed by atoms with Gasteiger partial charge in [-0.05, 0) is 20.3 Å². The molecular formula is C7H11F3NO2-. The maximum absolute atomic E-state index is 12.2. The summed E-state index contributed by atoms with van der Waals surface area (Å²) < 4.78 is 36.5. The molecule has 1 aliphatic rings. The van der Waals surface area contributed by atoms with E-state index in [2.05, 4.69) is 0 Å². The molecule has 1 heterocycles. The van der Waals surface area contributed by atoms with Crippen molar-refractivity contribution in [2.24, 2.45) is 0 Å². The fraction of sp³-hybridized carbons (Fsp3) is 1.00. The van der Waals surface area contributed by atoms with E-state index in [9.17, 15) is 23.5 Å². The predicted molar refractivity (Wildman–Crippen MR) is 39.8 cm³/mol. The van der Waals surface area contributed by atoms with Gasteiger partial charge in [-0.3, -0.25) is 0 Å². The van der Waals surface area contributed by atoms with Gasteiger partial charge in [0.2, 0.25) is 0 Å². The van der Waals surface area contributed by atoms with Gasteiger partial charge in [0.25, 0.3) is 0 Å². The molecule has 1 N–H and O–H groups in total. The molecule has 1 saturated heterocycles. The van der Waals surface area contributed by atoms with Crippen LogP contribution in [0.5, 0.6) is 0 Å². The summed E-state index contributed by atoms with van der Waals surface area (Å²) >= 11 is 0. The molecule has 0 aliphatic carbocycles. The van der Waals surface area contributed by atoms with E-state index >= 15 is 0 Å². The summed E-state index contributed by atoms with van der Waals surface area (Å²) in [5.41, 5.74) is -1.35. The van der Waals surface area contributed by atoms with E-state index in [0.29, 0.717) is 0 Å². The first-order valence-corrected chi connectivity index (χ1v) is 3.88. The van der Waals surface area contributed by atoms with Gasteiger partial charge in [-0.2, -0.15) is 13.2 Å². The van der Waals surface area contributed by atoms with Gasteiger partial charge in [0, 0.05) is 5.54 Å². The highest BCUT2D eigenvalue weighted by atomic mass is 19.4. The van der Waals surface area contributed by atoms with Crippen LogP contribution in [0.4, 0.5) is 13.2 Å². The largest absolute Gasteiger partial charge is 0.784 e. The lowest BCUT2D eigenvalue weighted by molar-refractivity contribution is -0.175. The van der Waals surface area contributed by atoms with E-state index in [-0.39, 0.29) is 5.06 Å². The van der Waals surface area contributed by atoms with Crippen molar-refractivity contribution in [1.29, 1.82) is 0 Å². The van der Waals surface area contributed by atoms with Crippen molar-refractivity contribution in [2.45, 2.75) is 44.1 Å². The zero-order valence-electron chi connectivity index (χ0n) is 7.30. The molecule has 78 valence electrons. The van der Waals surface area contributed by atoms with Crippen molar-refractivity contribution >= 4 is 0 Å². The van der Waals surface area contributed by atoms with Crippen LogP contribution < -0.4 is 0 Å². The topological polar surface area (TPSA) is 46.5 Å². The smallest absolute Gasteiger partial charge is 0.403 e. The first kappa shape index (κ1) is 10.7. The summed E-state index contributed by atoms with van der Waals surface area (Å²) in [6, 6.07) is -2.07. The lowest BCUT2D eigenvalue weighted by Gasteiger charge is -2.42. The number of alkyl halides is 3. The molecule has 0 saturated carbocycles. The molecule has 6 heteroatoms. The van der Waals surface area contributed by atoms with Crippen LogP contribution in [0.2, 0.25) is 0 Å². The first-order chi connectivity index (χ1) is 5.67. The summed E-state index contributed by atoms with van der Waals surface area (Å²) in [4.78, 5) is 0. The van der Waals surface area contributed by atoms with Crippen molar-refractivity contribution in [3.8, 4) is 0 Å². The zero-order valence-corrected chi connectivity index (χ0v) is 7.30. The Hall–Kier alpha value is -0.330. The third-order valence-corrected chi connectivity index (χ3v) is 2.49. The number of halogens is 3. The van der Waals surface area contributed by atoms with E-state index < -0.39 is 30.3 Å². The van der Waals surface area contributed by atoms with Crippen LogP contribution in [0.25, 0.3) is 0 Å². The maximum Gasteiger partial charge on any atom is 0.403 e. The number of aliphatic hydroxyl groups is 1. The van der Waals surface area contributed by atoms with Crippen molar-refractivity contribution < 1.29 is 18.3 Å². The van der Waals surface area contributed by atoms with E-state index in [4.69, 9.17) is 0 Å². The van der Waals surface area contributed by atoms with Crippen molar-refractivity contribution in [2.75, 3.05) is 0 Å². The summed E-state index contributed by atoms with van der Waals surface area (Å²) in [5, 5.41) is 20.3. The minimum atomic E-state index is -4.56. The quantitative estimate of drug-likeness (QED) is 0.637. The second-order valence-corrected chi connectivity index (χ2v) is 3.79. The molecule has 0 spiro atoms. The molecule has 1 fully saturated rings. The summed E-state index contributed by atoms with van der Waals surface area (Å²) in [6.45, 7) is 2.60. The van der Waals surface area contributed by atoms with Gasteiger partial charge in [-0.15, -0.1) is 0 Å². The van der Waals surface area contributed by atoms with Gasteiger partial charge in [-0.25, -0.2) is 0 Å². The Balaban J connectivity index is 2.86. The number of hydroxylamine groups is 2. The predicted octanol–water partition coefficient (Wildman–Crippen LogP) is 1.26. The molecule has 13 heavy (non-hydrogen) atoms. The van der Waals surface area contributed by atoms with Crippen molar-refractivity contribution in [3.63, 3.8) is 0 Å². The van der Waals surface area contributed by atoms with Crippen LogP contribution in [-0.2, 0) is 0 Å². The van der Waals surface area contributed by atoms with E-state index in [1.165, 1.54) is 13.8 Å². The molecule has 2 atom stereocenters. The third kappa shape index (κ3) is 1.66. The number of nitrogens with zero attached hydrogens (tertiary/aromatic N) is 1. The Morgan fingerprint density at radius 1 is 1.46 bits per heavy atom. The Bertz CT molecular complexity index is 204. The van der Waals surface area contributed by atoms with Crippen LogP contribution in [0.3, 0.4) is 0 Å². The second-order valence-electron chi connectivity index (χ2n) is 3.79. The highest BCUT2D eigenvalue weighted by Crippen LogP contribution is 2.40. The lowest BCUT2D eigenvalue weighted by atomic mass is 10.00. The molecule has 3 nitrogen and oxygen atoms in total. The zero-order chi connectivity index (χ0) is 10.4. The van der Waals surface area contributed by atoms with E-state index in [1.807, 2.05) is 0 Å². The average molecular weight is 198 g/mol. The summed E-state index contributed by atoms with van der Waals surface area (Å²) in [5.74, 6) is 0. The van der Waals surface area contributed by atoms with E-state index in [0.717, 1.165) is 0 Å². The van der Waals surface area contributed by atoms with Crippen LogP contribution >= 0.6 is 0 Å². The number of hydrogen-bond acceptors (Lipinski definition) is 3. The third-order valence-electron chi connectivity index (χ3n) is 2.49. The van der Waals surface area contributed by atoms with Crippen LogP contribution in [-0.4, -0.2) is 34.0 Å². The van der Waals surface area contributed by atoms with Crippen LogP contribution in [0, 0.1) is 5.21 Å². The maximum atomic E-state index is 12.2. The molecule has 2 unspecified atom stereocenters. The van der Waals surface area contributed by atoms with Crippen LogP contribution in [0.1, 0.15) is 20.3 Å². The Labute approximate surface area is 73.7 Å². The van der Waals surface area contributed by atoms with Gasteiger partial charge in [0.15, 0.2) is 0 Å². The molecule has 1 rings (SSSR count). The molecule has 0 radical (unpaired) electrons. The van der Waals surface area contributed by atoms with Crippen LogP contribution in [0.15, 0.2) is 0 Å². The lowest BCUT2D eigenvalue weighted by Crippen LogP contribution is -2.47. The van der Waals surface area contributed by atoms with Gasteiger partial charge < -0.3 is 15.4 Å². The van der Waals surface area contributed by atoms with Crippen molar-refractivity contribution in [1.82, 2.24) is 5.06 Å². The monoisotopic (exact) mass is 198 g/mol. The van der Waals surface area contributed by atoms with Gasteiger partial charge in [0.05, 0.1) is 12.1 Å². The standard InChI is InChI=1S/C7H11F3NO2/c1-6(2)5(12)3-4(11(6)13)7(8,9)10/h4-5,12H,3H2,1-2H3/q-1. The highest BCUT2D eigenvalue weighted by molar-refractivity contribution is 5.03. The molecule has 0 aromatic carbocycles. The molecule has 0 bridgehead atoms. The second kappa shape index (κ2) is 2.83. The molecule has 0 aromatic rings. The Morgan fingerprint density at radius 3 is 2.08 bits per heavy atom. The highest BCUT2D eigenvalue weighted by Gasteiger charge is 2.52. The fourth-order valence-electron chi connectivity index (χ4n) is 1.41. The fourth-order valence-corrected chi connectivity index (χ4v) is 1.41. The Morgan fingerprint density at radius 2 is 1.92 bits per heavy atom. The van der Waals surface area contributed by atoms with Gasteiger partial charge in [-0.1, -0.05) is 0 Å². The number of hydrogen-bond donors (Lipinski definition) is 1. The number of rotatable bonds is 0. The first-order valence-electron chi connectivity index (χ1n) is 3.88. The van der Waals surface area contributed by atoms with Gasteiger partial charge in [0.1, 0.15) is 0 Å². The van der Waals surface area contributed by atoms with Gasteiger partial charge >= 0.3 is 6.18 Å². The van der Waals surface area contributed by atoms with Crippen molar-refractivity contribution in [3.05, 3.63) is 5.21 Å². The normalized spacial score (nSPS) is 35.3. The molecular weight excluding hydrogens is 187 g/mol. The number of aliphatic hydroxyl groups excluding tert-OH is 1. The minimum absolute atomic E-state index is 0.0579. The average Bonchev–Trinajstić information content (AvgIpc) is 2.12. The minimum Gasteiger partial charge on any atom is -0.784 e. The Kier molecular flexibility index (Phi) is 2.34. The molecule has 0 amide bonds.